The molecule has 0 amide bonds. The molecule has 0 radical (unpaired) electrons. The van der Waals surface area contributed by atoms with Gasteiger partial charge in [0.2, 0.25) is 0 Å². The number of hydrogen-bond acceptors (Lipinski definition) is 3. The second kappa shape index (κ2) is 3.28. The van der Waals surface area contributed by atoms with E-state index in [1.54, 1.807) is 0 Å². The summed E-state index contributed by atoms with van der Waals surface area (Å²) in [6.07, 6.45) is 4.41. The molecule has 0 aromatic carbocycles. The second-order valence-corrected chi connectivity index (χ2v) is 4.16. The minimum atomic E-state index is -0.0847. The van der Waals surface area contributed by atoms with Crippen LogP contribution in [0.2, 0.25) is 0 Å². The van der Waals surface area contributed by atoms with E-state index >= 15 is 0 Å². The highest BCUT2D eigenvalue weighted by atomic mass is 16.5. The Labute approximate surface area is 79.3 Å². The summed E-state index contributed by atoms with van der Waals surface area (Å²) in [5, 5.41) is 8.87. The second-order valence-electron chi connectivity index (χ2n) is 4.16. The minimum Gasteiger partial charge on any atom is -0.360 e. The molecule has 0 bridgehead atoms. The summed E-state index contributed by atoms with van der Waals surface area (Å²) in [5.74, 6) is 0.170. The predicted molar refractivity (Wildman–Crippen MR) is 48.9 cm³/mol. The average molecular weight is 180 g/mol. The summed E-state index contributed by atoms with van der Waals surface area (Å²) in [6.45, 7) is 1.74. The van der Waals surface area contributed by atoms with E-state index in [4.69, 9.17) is 10.00 Å². The topological polar surface area (TPSA) is 36.3 Å². The summed E-state index contributed by atoms with van der Waals surface area (Å²) in [5.41, 5.74) is -0.0847. The zero-order valence-corrected chi connectivity index (χ0v) is 8.12. The monoisotopic (exact) mass is 180 g/mol. The molecule has 0 N–H and O–H groups in total. The fourth-order valence-electron chi connectivity index (χ4n) is 2.49. The Hall–Kier alpha value is -0.590. The van der Waals surface area contributed by atoms with Crippen molar-refractivity contribution in [2.75, 3.05) is 20.2 Å². The minimum absolute atomic E-state index is 0.0847. The maximum absolute atomic E-state index is 8.87. The molecule has 0 unspecified atom stereocenters. The third kappa shape index (κ3) is 1.45. The fourth-order valence-corrected chi connectivity index (χ4v) is 2.49. The number of rotatable bonds is 0. The van der Waals surface area contributed by atoms with E-state index in [1.165, 1.54) is 12.8 Å². The quantitative estimate of drug-likeness (QED) is 0.564. The maximum Gasteiger partial charge on any atom is 0.122 e. The molecular weight excluding hydrogens is 164 g/mol. The van der Waals surface area contributed by atoms with Crippen LogP contribution in [0, 0.1) is 17.2 Å². The van der Waals surface area contributed by atoms with Gasteiger partial charge in [0.15, 0.2) is 0 Å². The molecule has 0 aromatic heterocycles. The first-order valence-corrected chi connectivity index (χ1v) is 5.02. The van der Waals surface area contributed by atoms with E-state index in [-0.39, 0.29) is 11.6 Å². The highest BCUT2D eigenvalue weighted by Gasteiger charge is 2.45. The Morgan fingerprint density at radius 2 is 2.38 bits per heavy atom. The van der Waals surface area contributed by atoms with Crippen molar-refractivity contribution in [3.63, 3.8) is 0 Å². The normalized spacial score (nSPS) is 40.8. The number of hydrogen-bond donors (Lipinski definition) is 0. The van der Waals surface area contributed by atoms with Crippen molar-refractivity contribution < 1.29 is 4.74 Å². The van der Waals surface area contributed by atoms with Crippen molar-refractivity contribution >= 4 is 0 Å². The molecule has 72 valence electrons. The molecule has 1 spiro atoms. The Morgan fingerprint density at radius 1 is 1.54 bits per heavy atom. The first-order valence-electron chi connectivity index (χ1n) is 5.02. The smallest absolute Gasteiger partial charge is 0.122 e. The van der Waals surface area contributed by atoms with Gasteiger partial charge in [-0.2, -0.15) is 5.26 Å². The highest BCUT2D eigenvalue weighted by Crippen LogP contribution is 2.39. The van der Waals surface area contributed by atoms with E-state index in [9.17, 15) is 0 Å². The highest BCUT2D eigenvalue weighted by molar-refractivity contribution is 5.00. The third-order valence-electron chi connectivity index (χ3n) is 3.27. The summed E-state index contributed by atoms with van der Waals surface area (Å²) < 4.78 is 5.85. The van der Waals surface area contributed by atoms with Crippen LogP contribution < -0.4 is 0 Å². The number of ether oxygens (including phenoxy) is 1. The lowest BCUT2D eigenvalue weighted by molar-refractivity contribution is -0.152. The van der Waals surface area contributed by atoms with Gasteiger partial charge in [0.1, 0.15) is 5.72 Å². The molecule has 2 rings (SSSR count). The van der Waals surface area contributed by atoms with Crippen LogP contribution in [0.5, 0.6) is 0 Å². The Kier molecular flexibility index (Phi) is 2.27. The molecule has 0 saturated carbocycles. The van der Waals surface area contributed by atoms with Crippen LogP contribution in [0.25, 0.3) is 0 Å². The van der Waals surface area contributed by atoms with Gasteiger partial charge in [-0.05, 0) is 26.3 Å². The number of nitriles is 1. The molecule has 2 saturated heterocycles. The van der Waals surface area contributed by atoms with Gasteiger partial charge in [-0.25, -0.2) is 0 Å². The molecule has 3 heteroatoms. The molecule has 0 aromatic rings. The van der Waals surface area contributed by atoms with Gasteiger partial charge in [0.05, 0.1) is 12.0 Å². The van der Waals surface area contributed by atoms with E-state index in [0.717, 1.165) is 26.0 Å². The largest absolute Gasteiger partial charge is 0.360 e. The number of likely N-dealkylation sites (tertiary alicyclic amines) is 1. The van der Waals surface area contributed by atoms with Crippen LogP contribution in [-0.2, 0) is 4.74 Å². The first kappa shape index (κ1) is 8.98. The van der Waals surface area contributed by atoms with E-state index in [0.29, 0.717) is 0 Å². The van der Waals surface area contributed by atoms with Gasteiger partial charge in [-0.15, -0.1) is 0 Å². The SMILES string of the molecule is CN1C[C@@H](C#N)C[C@]12CCCCO2. The van der Waals surface area contributed by atoms with Gasteiger partial charge in [0.25, 0.3) is 0 Å². The van der Waals surface area contributed by atoms with Gasteiger partial charge >= 0.3 is 0 Å². The molecule has 2 atom stereocenters. The van der Waals surface area contributed by atoms with Crippen LogP contribution >= 0.6 is 0 Å². The molecule has 2 heterocycles. The maximum atomic E-state index is 8.87. The first-order chi connectivity index (χ1) is 6.27. The van der Waals surface area contributed by atoms with Crippen molar-refractivity contribution in [2.24, 2.45) is 5.92 Å². The summed E-state index contributed by atoms with van der Waals surface area (Å²) in [7, 11) is 2.07. The average Bonchev–Trinajstić information content (AvgIpc) is 2.45. The fraction of sp³-hybridized carbons (Fsp3) is 0.900. The van der Waals surface area contributed by atoms with Crippen molar-refractivity contribution in [3.8, 4) is 6.07 Å². The van der Waals surface area contributed by atoms with Crippen LogP contribution in [0.3, 0.4) is 0 Å². The Morgan fingerprint density at radius 3 is 2.92 bits per heavy atom. The van der Waals surface area contributed by atoms with Gasteiger partial charge in [0, 0.05) is 19.6 Å². The van der Waals surface area contributed by atoms with Gasteiger partial charge in [-0.3, -0.25) is 4.90 Å². The van der Waals surface area contributed by atoms with Gasteiger partial charge in [-0.1, -0.05) is 0 Å². The number of nitrogens with zero attached hydrogens (tertiary/aromatic N) is 2. The molecule has 0 aliphatic carbocycles. The summed E-state index contributed by atoms with van der Waals surface area (Å²) >= 11 is 0. The van der Waals surface area contributed by atoms with Crippen LogP contribution in [-0.4, -0.2) is 30.8 Å². The van der Waals surface area contributed by atoms with E-state index in [2.05, 4.69) is 18.0 Å². The molecule has 13 heavy (non-hydrogen) atoms. The standard InChI is InChI=1S/C10H16N2O/c1-12-8-9(7-11)6-10(12)4-2-3-5-13-10/h9H,2-6,8H2,1H3/t9-,10-/m1/s1. The Bertz CT molecular complexity index is 228. The van der Waals surface area contributed by atoms with Crippen molar-refractivity contribution in [1.82, 2.24) is 4.90 Å². The summed E-state index contributed by atoms with van der Waals surface area (Å²) in [4.78, 5) is 2.22. The van der Waals surface area contributed by atoms with Crippen molar-refractivity contribution in [2.45, 2.75) is 31.4 Å². The van der Waals surface area contributed by atoms with Crippen molar-refractivity contribution in [1.29, 1.82) is 5.26 Å². The molecular formula is C10H16N2O. The van der Waals surface area contributed by atoms with Crippen LogP contribution in [0.1, 0.15) is 25.7 Å². The van der Waals surface area contributed by atoms with E-state index in [1.807, 2.05) is 0 Å². The molecule has 3 nitrogen and oxygen atoms in total. The van der Waals surface area contributed by atoms with Crippen LogP contribution in [0.4, 0.5) is 0 Å². The van der Waals surface area contributed by atoms with Crippen molar-refractivity contribution in [3.05, 3.63) is 0 Å². The third-order valence-corrected chi connectivity index (χ3v) is 3.27. The lowest BCUT2D eigenvalue weighted by atomic mass is 9.97. The van der Waals surface area contributed by atoms with E-state index < -0.39 is 0 Å². The molecule has 2 aliphatic heterocycles. The zero-order valence-electron chi connectivity index (χ0n) is 8.12. The van der Waals surface area contributed by atoms with Crippen LogP contribution in [0.15, 0.2) is 0 Å². The van der Waals surface area contributed by atoms with Gasteiger partial charge < -0.3 is 4.74 Å². The lowest BCUT2D eigenvalue weighted by Gasteiger charge is -2.39. The summed E-state index contributed by atoms with van der Waals surface area (Å²) in [6, 6.07) is 2.34. The zero-order chi connectivity index (χ0) is 9.31. The Balaban J connectivity index is 2.09. The predicted octanol–water partition coefficient (Wildman–Crippen LogP) is 1.36. The molecule has 2 aliphatic rings. The lowest BCUT2D eigenvalue weighted by Crippen LogP contribution is -2.46. The molecule has 2 fully saturated rings.